The Bertz CT molecular complexity index is 414. The smallest absolute Gasteiger partial charge is 0.253 e. The van der Waals surface area contributed by atoms with E-state index in [9.17, 15) is 4.79 Å². The van der Waals surface area contributed by atoms with E-state index < -0.39 is 0 Å². The first kappa shape index (κ1) is 15.0. The van der Waals surface area contributed by atoms with Crippen molar-refractivity contribution in [1.29, 1.82) is 0 Å². The van der Waals surface area contributed by atoms with Crippen molar-refractivity contribution in [3.8, 4) is 0 Å². The highest BCUT2D eigenvalue weighted by atomic mass is 35.5. The minimum Gasteiger partial charge on any atom is -0.337 e. The van der Waals surface area contributed by atoms with Crippen molar-refractivity contribution >= 4 is 18.3 Å². The average molecular weight is 269 g/mol. The Morgan fingerprint density at radius 3 is 2.44 bits per heavy atom. The average Bonchev–Trinajstić information content (AvgIpc) is 2.26. The Kier molecular flexibility index (Phi) is 5.17. The van der Waals surface area contributed by atoms with E-state index >= 15 is 0 Å². The molecule has 2 rings (SSSR count). The fraction of sp³-hybridized carbons (Fsp3) is 0.500. The minimum absolute atomic E-state index is 0. The molecule has 1 aromatic rings. The minimum atomic E-state index is 0. The Morgan fingerprint density at radius 1 is 1.28 bits per heavy atom. The summed E-state index contributed by atoms with van der Waals surface area (Å²) < 4.78 is 0. The van der Waals surface area contributed by atoms with Gasteiger partial charge in [0, 0.05) is 24.7 Å². The summed E-state index contributed by atoms with van der Waals surface area (Å²) in [5, 5.41) is 0. The second kappa shape index (κ2) is 6.21. The molecule has 2 N–H and O–H groups in total. The molecule has 1 amide bonds. The normalized spacial score (nSPS) is 19.3. The number of likely N-dealkylation sites (tertiary alicyclic amines) is 1. The largest absolute Gasteiger partial charge is 0.337 e. The van der Waals surface area contributed by atoms with E-state index in [0.29, 0.717) is 6.54 Å². The molecule has 0 radical (unpaired) electrons. The molecular formula is C14H21ClN2O. The molecule has 0 aromatic heterocycles. The number of amides is 1. The predicted octanol–water partition coefficient (Wildman–Crippen LogP) is 2.29. The molecule has 0 spiro atoms. The van der Waals surface area contributed by atoms with Crippen LogP contribution in [0.25, 0.3) is 0 Å². The van der Waals surface area contributed by atoms with E-state index in [1.54, 1.807) is 0 Å². The van der Waals surface area contributed by atoms with Crippen LogP contribution in [0.5, 0.6) is 0 Å². The van der Waals surface area contributed by atoms with Crippen LogP contribution in [0.15, 0.2) is 18.2 Å². The molecule has 0 bridgehead atoms. The first-order chi connectivity index (χ1) is 8.06. The number of benzene rings is 1. The van der Waals surface area contributed by atoms with Gasteiger partial charge in [-0.05, 0) is 38.8 Å². The third kappa shape index (κ3) is 3.47. The van der Waals surface area contributed by atoms with Crippen molar-refractivity contribution in [1.82, 2.24) is 4.90 Å². The molecule has 0 aliphatic carbocycles. The summed E-state index contributed by atoms with van der Waals surface area (Å²) in [5.74, 6) is 0.118. The Hall–Kier alpha value is -1.06. The number of aryl methyl sites for hydroxylation is 2. The molecule has 1 heterocycles. The fourth-order valence-electron chi connectivity index (χ4n) is 2.48. The highest BCUT2D eigenvalue weighted by molar-refractivity contribution is 5.94. The van der Waals surface area contributed by atoms with Crippen LogP contribution >= 0.6 is 12.4 Å². The summed E-state index contributed by atoms with van der Waals surface area (Å²) in [7, 11) is 0. The van der Waals surface area contributed by atoms with Crippen LogP contribution in [0.1, 0.15) is 34.3 Å². The molecule has 100 valence electrons. The van der Waals surface area contributed by atoms with Crippen molar-refractivity contribution in [2.24, 2.45) is 5.73 Å². The lowest BCUT2D eigenvalue weighted by molar-refractivity contribution is 0.0708. The number of rotatable bonds is 1. The Labute approximate surface area is 115 Å². The molecule has 1 fully saturated rings. The highest BCUT2D eigenvalue weighted by Crippen LogP contribution is 2.15. The first-order valence-corrected chi connectivity index (χ1v) is 6.19. The fourth-order valence-corrected chi connectivity index (χ4v) is 2.48. The van der Waals surface area contributed by atoms with Gasteiger partial charge in [-0.1, -0.05) is 17.2 Å². The van der Waals surface area contributed by atoms with Crippen molar-refractivity contribution in [2.75, 3.05) is 13.1 Å². The predicted molar refractivity (Wildman–Crippen MR) is 76.3 cm³/mol. The van der Waals surface area contributed by atoms with E-state index in [-0.39, 0.29) is 24.4 Å². The van der Waals surface area contributed by atoms with Crippen LogP contribution in [0.2, 0.25) is 0 Å². The molecule has 1 atom stereocenters. The molecule has 1 aliphatic rings. The molecular weight excluding hydrogens is 248 g/mol. The number of nitrogens with two attached hydrogens (primary N) is 1. The first-order valence-electron chi connectivity index (χ1n) is 6.19. The molecule has 0 saturated carbocycles. The van der Waals surface area contributed by atoms with Gasteiger partial charge in [0.2, 0.25) is 0 Å². The number of piperidine rings is 1. The monoisotopic (exact) mass is 268 g/mol. The zero-order valence-corrected chi connectivity index (χ0v) is 11.8. The summed E-state index contributed by atoms with van der Waals surface area (Å²) in [6.45, 7) is 5.56. The summed E-state index contributed by atoms with van der Waals surface area (Å²) in [6, 6.07) is 6.13. The van der Waals surface area contributed by atoms with Gasteiger partial charge in [-0.2, -0.15) is 0 Å². The van der Waals surface area contributed by atoms with Crippen molar-refractivity contribution in [3.63, 3.8) is 0 Å². The van der Waals surface area contributed by atoms with E-state index in [4.69, 9.17) is 5.73 Å². The summed E-state index contributed by atoms with van der Waals surface area (Å²) in [6.07, 6.45) is 2.04. The molecule has 1 aliphatic heterocycles. The van der Waals surface area contributed by atoms with Crippen molar-refractivity contribution < 1.29 is 4.79 Å². The molecule has 1 aromatic carbocycles. The highest BCUT2D eigenvalue weighted by Gasteiger charge is 2.22. The molecule has 0 unspecified atom stereocenters. The van der Waals surface area contributed by atoms with Gasteiger partial charge in [0.15, 0.2) is 0 Å². The van der Waals surface area contributed by atoms with E-state index in [0.717, 1.165) is 36.1 Å². The number of hydrogen-bond acceptors (Lipinski definition) is 2. The van der Waals surface area contributed by atoms with Crippen LogP contribution in [0.3, 0.4) is 0 Å². The Balaban J connectivity index is 0.00000162. The van der Waals surface area contributed by atoms with Crippen LogP contribution in [0.4, 0.5) is 0 Å². The van der Waals surface area contributed by atoms with Gasteiger partial charge < -0.3 is 10.6 Å². The number of carbonyl (C=O) groups is 1. The molecule has 4 heteroatoms. The third-order valence-corrected chi connectivity index (χ3v) is 3.21. The van der Waals surface area contributed by atoms with Crippen molar-refractivity contribution in [3.05, 3.63) is 34.9 Å². The standard InChI is InChI=1S/C14H20N2O.ClH/c1-10-6-11(2)8-12(7-10)14(17)16-5-3-4-13(15)9-16;/h6-8,13H,3-5,9,15H2,1-2H3;1H/t13-;/m1./s1. The van der Waals surface area contributed by atoms with Gasteiger partial charge in [0.1, 0.15) is 0 Å². The third-order valence-electron chi connectivity index (χ3n) is 3.21. The maximum absolute atomic E-state index is 12.3. The van der Waals surface area contributed by atoms with Crippen LogP contribution in [-0.2, 0) is 0 Å². The second-order valence-corrected chi connectivity index (χ2v) is 5.03. The SMILES string of the molecule is Cc1cc(C)cc(C(=O)N2CCC[C@@H](N)C2)c1.Cl. The van der Waals surface area contributed by atoms with E-state index in [2.05, 4.69) is 6.07 Å². The van der Waals surface area contributed by atoms with Crippen molar-refractivity contribution in [2.45, 2.75) is 32.7 Å². The molecule has 18 heavy (non-hydrogen) atoms. The van der Waals surface area contributed by atoms with E-state index in [1.165, 1.54) is 0 Å². The van der Waals surface area contributed by atoms with Crippen LogP contribution < -0.4 is 5.73 Å². The number of carbonyl (C=O) groups excluding carboxylic acids is 1. The van der Waals surface area contributed by atoms with Gasteiger partial charge in [-0.15, -0.1) is 12.4 Å². The lowest BCUT2D eigenvalue weighted by Gasteiger charge is -2.31. The maximum Gasteiger partial charge on any atom is 0.253 e. The molecule has 3 nitrogen and oxygen atoms in total. The number of halogens is 1. The van der Waals surface area contributed by atoms with Gasteiger partial charge in [-0.3, -0.25) is 4.79 Å². The quantitative estimate of drug-likeness (QED) is 0.849. The second-order valence-electron chi connectivity index (χ2n) is 5.03. The lowest BCUT2D eigenvalue weighted by atomic mass is 10.0. The maximum atomic E-state index is 12.3. The number of hydrogen-bond donors (Lipinski definition) is 1. The van der Waals surface area contributed by atoms with Gasteiger partial charge in [0.05, 0.1) is 0 Å². The summed E-state index contributed by atoms with van der Waals surface area (Å²) in [4.78, 5) is 14.2. The zero-order valence-electron chi connectivity index (χ0n) is 11.0. The van der Waals surface area contributed by atoms with E-state index in [1.807, 2.05) is 30.9 Å². The van der Waals surface area contributed by atoms with Crippen LogP contribution in [0, 0.1) is 13.8 Å². The number of nitrogens with zero attached hydrogens (tertiary/aromatic N) is 1. The summed E-state index contributed by atoms with van der Waals surface area (Å²) >= 11 is 0. The summed E-state index contributed by atoms with van der Waals surface area (Å²) in [5.41, 5.74) is 8.96. The molecule has 1 saturated heterocycles. The topological polar surface area (TPSA) is 46.3 Å². The lowest BCUT2D eigenvalue weighted by Crippen LogP contribution is -2.45. The van der Waals surface area contributed by atoms with Crippen LogP contribution in [-0.4, -0.2) is 29.9 Å². The van der Waals surface area contributed by atoms with Gasteiger partial charge >= 0.3 is 0 Å². The van der Waals surface area contributed by atoms with Gasteiger partial charge in [0.25, 0.3) is 5.91 Å². The Morgan fingerprint density at radius 2 is 1.89 bits per heavy atom. The van der Waals surface area contributed by atoms with Gasteiger partial charge in [-0.25, -0.2) is 0 Å². The zero-order chi connectivity index (χ0) is 12.4.